The second-order valence-electron chi connectivity index (χ2n) is 7.50. The number of unbranched alkanes of at least 4 members (excludes halogenated alkanes) is 8. The Kier molecular flexibility index (Phi) is 12.4. The van der Waals surface area contributed by atoms with Crippen LogP contribution in [0.1, 0.15) is 89.9 Å². The number of carboxylic acids is 1. The van der Waals surface area contributed by atoms with Crippen molar-refractivity contribution in [2.45, 2.75) is 89.9 Å². The highest BCUT2D eigenvalue weighted by Gasteiger charge is 2.29. The number of carbonyl (C=O) groups is 2. The average Bonchev–Trinajstić information content (AvgIpc) is 2.62. The van der Waals surface area contributed by atoms with Gasteiger partial charge < -0.3 is 16.2 Å². The molecule has 0 radical (unpaired) electrons. The minimum Gasteiger partial charge on any atom is -0.481 e. The van der Waals surface area contributed by atoms with Gasteiger partial charge in [-0.1, -0.05) is 57.8 Å². The van der Waals surface area contributed by atoms with Gasteiger partial charge in [-0.15, -0.1) is 0 Å². The second-order valence-corrected chi connectivity index (χ2v) is 7.50. The first-order valence-electron chi connectivity index (χ1n) is 10.3. The fraction of sp³-hybridized carbons (Fsp3) is 0.900. The molecule has 0 saturated heterocycles. The Morgan fingerprint density at radius 3 is 2.04 bits per heavy atom. The van der Waals surface area contributed by atoms with Crippen molar-refractivity contribution in [1.29, 1.82) is 0 Å². The molecular weight excluding hydrogens is 316 g/mol. The number of carboxylic acid groups (broad SMARTS) is 1. The Balaban J connectivity index is 1.89. The third-order valence-electron chi connectivity index (χ3n) is 5.42. The van der Waals surface area contributed by atoms with Crippen LogP contribution in [0.15, 0.2) is 0 Å². The third kappa shape index (κ3) is 10.5. The van der Waals surface area contributed by atoms with Crippen molar-refractivity contribution in [3.63, 3.8) is 0 Å². The van der Waals surface area contributed by atoms with Gasteiger partial charge in [0.2, 0.25) is 5.91 Å². The minimum atomic E-state index is -0.686. The maximum Gasteiger partial charge on any atom is 0.303 e. The van der Waals surface area contributed by atoms with Crippen molar-refractivity contribution >= 4 is 11.9 Å². The summed E-state index contributed by atoms with van der Waals surface area (Å²) in [5.41, 5.74) is 5.80. The van der Waals surface area contributed by atoms with Gasteiger partial charge >= 0.3 is 5.97 Å². The fourth-order valence-electron chi connectivity index (χ4n) is 3.82. The van der Waals surface area contributed by atoms with E-state index in [4.69, 9.17) is 10.8 Å². The SMILES string of the molecule is NCC1CCCCC1C(=O)NCCCCCCCCCCCC(=O)O. The maximum absolute atomic E-state index is 12.3. The zero-order chi connectivity index (χ0) is 18.3. The van der Waals surface area contributed by atoms with E-state index in [1.54, 1.807) is 0 Å². The van der Waals surface area contributed by atoms with Gasteiger partial charge in [-0.25, -0.2) is 0 Å². The molecule has 1 rings (SSSR count). The van der Waals surface area contributed by atoms with Crippen LogP contribution in [0.2, 0.25) is 0 Å². The quantitative estimate of drug-likeness (QED) is 0.413. The highest BCUT2D eigenvalue weighted by atomic mass is 16.4. The summed E-state index contributed by atoms with van der Waals surface area (Å²) >= 11 is 0. The number of aliphatic carboxylic acids is 1. The van der Waals surface area contributed by atoms with Crippen LogP contribution < -0.4 is 11.1 Å². The molecule has 5 nitrogen and oxygen atoms in total. The molecule has 5 heteroatoms. The van der Waals surface area contributed by atoms with Crippen molar-refractivity contribution < 1.29 is 14.7 Å². The molecule has 4 N–H and O–H groups in total. The fourth-order valence-corrected chi connectivity index (χ4v) is 3.82. The molecule has 1 amide bonds. The van der Waals surface area contributed by atoms with Crippen LogP contribution in [-0.2, 0) is 9.59 Å². The van der Waals surface area contributed by atoms with Crippen LogP contribution in [0.25, 0.3) is 0 Å². The molecule has 0 heterocycles. The van der Waals surface area contributed by atoms with Gasteiger partial charge in [0.05, 0.1) is 0 Å². The summed E-state index contributed by atoms with van der Waals surface area (Å²) in [6, 6.07) is 0. The molecule has 1 fully saturated rings. The van der Waals surface area contributed by atoms with Crippen molar-refractivity contribution in [2.24, 2.45) is 17.6 Å². The van der Waals surface area contributed by atoms with Crippen LogP contribution >= 0.6 is 0 Å². The van der Waals surface area contributed by atoms with E-state index in [0.29, 0.717) is 18.9 Å². The summed E-state index contributed by atoms with van der Waals surface area (Å²) in [6.07, 6.45) is 14.9. The molecule has 0 bridgehead atoms. The number of nitrogens with one attached hydrogen (secondary N) is 1. The average molecular weight is 355 g/mol. The van der Waals surface area contributed by atoms with Crippen molar-refractivity contribution in [3.05, 3.63) is 0 Å². The number of carbonyl (C=O) groups excluding carboxylic acids is 1. The summed E-state index contributed by atoms with van der Waals surface area (Å²) in [6.45, 7) is 1.43. The number of rotatable bonds is 14. The van der Waals surface area contributed by atoms with Gasteiger partial charge in [-0.05, 0) is 38.1 Å². The van der Waals surface area contributed by atoms with E-state index >= 15 is 0 Å². The van der Waals surface area contributed by atoms with Crippen molar-refractivity contribution in [1.82, 2.24) is 5.32 Å². The zero-order valence-electron chi connectivity index (χ0n) is 15.8. The van der Waals surface area contributed by atoms with Crippen LogP contribution in [-0.4, -0.2) is 30.1 Å². The van der Waals surface area contributed by atoms with Crippen LogP contribution in [0, 0.1) is 11.8 Å². The molecule has 146 valence electrons. The molecule has 1 aliphatic rings. The van der Waals surface area contributed by atoms with Crippen LogP contribution in [0.3, 0.4) is 0 Å². The second kappa shape index (κ2) is 14.1. The first-order chi connectivity index (χ1) is 12.1. The highest BCUT2D eigenvalue weighted by Crippen LogP contribution is 2.29. The van der Waals surface area contributed by atoms with Gasteiger partial charge in [-0.3, -0.25) is 9.59 Å². The lowest BCUT2D eigenvalue weighted by atomic mass is 9.79. The molecular formula is C20H38N2O3. The summed E-state index contributed by atoms with van der Waals surface area (Å²) < 4.78 is 0. The predicted octanol–water partition coefficient (Wildman–Crippen LogP) is 3.85. The Hall–Kier alpha value is -1.10. The molecule has 1 saturated carbocycles. The van der Waals surface area contributed by atoms with E-state index in [2.05, 4.69) is 5.32 Å². The Morgan fingerprint density at radius 2 is 1.44 bits per heavy atom. The maximum atomic E-state index is 12.3. The van der Waals surface area contributed by atoms with Gasteiger partial charge in [0.1, 0.15) is 0 Å². The lowest BCUT2D eigenvalue weighted by Gasteiger charge is -2.29. The van der Waals surface area contributed by atoms with E-state index in [1.165, 1.54) is 38.5 Å². The largest absolute Gasteiger partial charge is 0.481 e. The Bertz CT molecular complexity index is 374. The normalized spacial score (nSPS) is 20.4. The monoisotopic (exact) mass is 354 g/mol. The van der Waals surface area contributed by atoms with Crippen LogP contribution in [0.5, 0.6) is 0 Å². The number of nitrogens with two attached hydrogens (primary N) is 1. The molecule has 25 heavy (non-hydrogen) atoms. The first-order valence-corrected chi connectivity index (χ1v) is 10.3. The van der Waals surface area contributed by atoms with Gasteiger partial charge in [0.25, 0.3) is 0 Å². The molecule has 2 atom stereocenters. The minimum absolute atomic E-state index is 0.139. The standard InChI is InChI=1S/C20H38N2O3/c21-16-17-12-9-10-13-18(17)20(25)22-15-11-7-5-3-1-2-4-6-8-14-19(23)24/h17-18H,1-16,21H2,(H,22,25)(H,23,24). The summed E-state index contributed by atoms with van der Waals surface area (Å²) in [4.78, 5) is 22.7. The van der Waals surface area contributed by atoms with E-state index in [9.17, 15) is 9.59 Å². The van der Waals surface area contributed by atoms with Gasteiger partial charge in [-0.2, -0.15) is 0 Å². The smallest absolute Gasteiger partial charge is 0.303 e. The van der Waals surface area contributed by atoms with E-state index < -0.39 is 5.97 Å². The van der Waals surface area contributed by atoms with E-state index in [-0.39, 0.29) is 11.8 Å². The topological polar surface area (TPSA) is 92.4 Å². The van der Waals surface area contributed by atoms with E-state index in [1.807, 2.05) is 0 Å². The first kappa shape index (κ1) is 21.9. The van der Waals surface area contributed by atoms with Crippen molar-refractivity contribution in [2.75, 3.05) is 13.1 Å². The summed E-state index contributed by atoms with van der Waals surface area (Å²) in [7, 11) is 0. The molecule has 0 aromatic heterocycles. The number of amides is 1. The molecule has 0 aromatic carbocycles. The van der Waals surface area contributed by atoms with Crippen molar-refractivity contribution in [3.8, 4) is 0 Å². The Labute approximate surface area is 153 Å². The highest BCUT2D eigenvalue weighted by molar-refractivity contribution is 5.79. The van der Waals surface area contributed by atoms with E-state index in [0.717, 1.165) is 51.5 Å². The Morgan fingerprint density at radius 1 is 0.880 bits per heavy atom. The summed E-state index contributed by atoms with van der Waals surface area (Å²) in [5, 5.41) is 11.7. The third-order valence-corrected chi connectivity index (χ3v) is 5.42. The van der Waals surface area contributed by atoms with Gasteiger partial charge in [0.15, 0.2) is 0 Å². The lowest BCUT2D eigenvalue weighted by molar-refractivity contribution is -0.137. The van der Waals surface area contributed by atoms with Gasteiger partial charge in [0, 0.05) is 18.9 Å². The molecule has 1 aliphatic carbocycles. The number of hydrogen-bond donors (Lipinski definition) is 3. The lowest BCUT2D eigenvalue weighted by Crippen LogP contribution is -2.39. The molecule has 0 aliphatic heterocycles. The summed E-state index contributed by atoms with van der Waals surface area (Å²) in [5.74, 6) is 0.0507. The molecule has 0 spiro atoms. The zero-order valence-corrected chi connectivity index (χ0v) is 15.8. The van der Waals surface area contributed by atoms with Crippen LogP contribution in [0.4, 0.5) is 0 Å². The predicted molar refractivity (Wildman–Crippen MR) is 101 cm³/mol. The number of hydrogen-bond acceptors (Lipinski definition) is 3. The molecule has 0 aromatic rings. The molecule has 2 unspecified atom stereocenters.